The van der Waals surface area contributed by atoms with E-state index in [9.17, 15) is 0 Å². The first kappa shape index (κ1) is 13.5. The molecule has 1 heterocycles. The fraction of sp³-hybridized carbons (Fsp3) is 0.143. The van der Waals surface area contributed by atoms with E-state index in [2.05, 4.69) is 6.07 Å². The molecule has 3 aromatic rings. The number of rotatable bonds is 0. The molecule has 3 heteroatoms. The molecule has 2 aromatic carbocycles. The van der Waals surface area contributed by atoms with Gasteiger partial charge in [0, 0.05) is 22.5 Å². The van der Waals surface area contributed by atoms with E-state index in [0.29, 0.717) is 0 Å². The van der Waals surface area contributed by atoms with Crippen LogP contribution in [-0.2, 0) is 0 Å². The maximum Gasteiger partial charge on any atom is 0.137 e. The zero-order chi connectivity index (χ0) is 11.5. The van der Waals surface area contributed by atoms with Crippen molar-refractivity contribution in [3.8, 4) is 0 Å². The zero-order valence-electron chi connectivity index (χ0n) is 10.0. The van der Waals surface area contributed by atoms with Gasteiger partial charge in [-0.15, -0.1) is 0 Å². The topological polar surface area (TPSA) is 39.2 Å². The normalized spacial score (nSPS) is 9.53. The molecule has 0 spiro atoms. The van der Waals surface area contributed by atoms with Crippen LogP contribution in [0, 0.1) is 0 Å². The predicted molar refractivity (Wildman–Crippen MR) is 79.9 cm³/mol. The van der Waals surface area contributed by atoms with Crippen LogP contribution in [0.1, 0.15) is 13.8 Å². The van der Waals surface area contributed by atoms with Crippen molar-refractivity contribution in [1.29, 1.82) is 0 Å². The Morgan fingerprint density at radius 2 is 1.53 bits per heavy atom. The molecule has 0 atom stereocenters. The lowest BCUT2D eigenvalue weighted by Gasteiger charge is -1.90. The number of furan rings is 1. The van der Waals surface area contributed by atoms with E-state index in [4.69, 9.17) is 10.2 Å². The minimum Gasteiger partial charge on any atom is -0.456 e. The first-order chi connectivity index (χ1) is 7.84. The molecular weight excluding hydrogens is 230 g/mol. The Balaban J connectivity index is 0.000000459. The SMILES string of the molecule is CC.Nc1ccc2c(c1)oc1ccccc12.S. The van der Waals surface area contributed by atoms with Crippen molar-refractivity contribution in [2.75, 3.05) is 5.73 Å². The second-order valence-electron chi connectivity index (χ2n) is 3.35. The summed E-state index contributed by atoms with van der Waals surface area (Å²) in [5.41, 5.74) is 8.18. The molecule has 90 valence electrons. The molecule has 0 bridgehead atoms. The van der Waals surface area contributed by atoms with Crippen LogP contribution in [0.25, 0.3) is 21.9 Å². The van der Waals surface area contributed by atoms with E-state index < -0.39 is 0 Å². The summed E-state index contributed by atoms with van der Waals surface area (Å²) >= 11 is 0. The summed E-state index contributed by atoms with van der Waals surface area (Å²) in [4.78, 5) is 0. The van der Waals surface area contributed by atoms with Gasteiger partial charge in [-0.3, -0.25) is 0 Å². The first-order valence-corrected chi connectivity index (χ1v) is 5.51. The molecule has 0 saturated heterocycles. The summed E-state index contributed by atoms with van der Waals surface area (Å²) in [5, 5.41) is 2.26. The number of para-hydroxylation sites is 1. The Hall–Kier alpha value is -1.61. The van der Waals surface area contributed by atoms with Crippen molar-refractivity contribution in [2.24, 2.45) is 0 Å². The fourth-order valence-corrected chi connectivity index (χ4v) is 1.74. The van der Waals surface area contributed by atoms with Crippen molar-refractivity contribution in [1.82, 2.24) is 0 Å². The number of benzene rings is 2. The van der Waals surface area contributed by atoms with Gasteiger partial charge in [0.2, 0.25) is 0 Å². The van der Waals surface area contributed by atoms with Crippen LogP contribution in [0.15, 0.2) is 46.9 Å². The average Bonchev–Trinajstić information content (AvgIpc) is 2.68. The van der Waals surface area contributed by atoms with E-state index in [1.54, 1.807) is 0 Å². The highest BCUT2D eigenvalue weighted by Gasteiger charge is 2.04. The van der Waals surface area contributed by atoms with Gasteiger partial charge in [-0.05, 0) is 18.2 Å². The molecule has 0 unspecified atom stereocenters. The van der Waals surface area contributed by atoms with Crippen LogP contribution in [0.2, 0.25) is 0 Å². The number of hydrogen-bond donors (Lipinski definition) is 1. The van der Waals surface area contributed by atoms with Gasteiger partial charge in [-0.1, -0.05) is 32.0 Å². The monoisotopic (exact) mass is 247 g/mol. The van der Waals surface area contributed by atoms with E-state index in [0.717, 1.165) is 27.6 Å². The molecule has 0 amide bonds. The van der Waals surface area contributed by atoms with Crippen molar-refractivity contribution < 1.29 is 4.42 Å². The van der Waals surface area contributed by atoms with Crippen LogP contribution in [0.4, 0.5) is 5.69 Å². The summed E-state index contributed by atoms with van der Waals surface area (Å²) < 4.78 is 5.65. The largest absolute Gasteiger partial charge is 0.456 e. The highest BCUT2D eigenvalue weighted by atomic mass is 32.1. The standard InChI is InChI=1S/C12H9NO.C2H6.H2S/c13-8-5-6-10-9-3-1-2-4-11(9)14-12(10)7-8;1-2;/h1-7H,13H2;1-2H3;1H2. The Morgan fingerprint density at radius 1 is 0.882 bits per heavy atom. The Morgan fingerprint density at radius 3 is 2.29 bits per heavy atom. The predicted octanol–water partition coefficient (Wildman–Crippen LogP) is 4.31. The van der Waals surface area contributed by atoms with Crippen LogP contribution in [0.5, 0.6) is 0 Å². The lowest BCUT2D eigenvalue weighted by Crippen LogP contribution is -1.81. The second-order valence-corrected chi connectivity index (χ2v) is 3.35. The average molecular weight is 247 g/mol. The third-order valence-electron chi connectivity index (χ3n) is 2.40. The second kappa shape index (κ2) is 5.64. The van der Waals surface area contributed by atoms with Crippen molar-refractivity contribution in [2.45, 2.75) is 13.8 Å². The van der Waals surface area contributed by atoms with E-state index in [1.807, 2.05) is 50.2 Å². The number of anilines is 1. The number of nitrogens with two attached hydrogens (primary N) is 1. The van der Waals surface area contributed by atoms with Crippen LogP contribution >= 0.6 is 13.5 Å². The van der Waals surface area contributed by atoms with Crippen molar-refractivity contribution in [3.05, 3.63) is 42.5 Å². The number of nitrogen functional groups attached to an aromatic ring is 1. The molecule has 0 radical (unpaired) electrons. The van der Waals surface area contributed by atoms with Crippen LogP contribution in [-0.4, -0.2) is 0 Å². The lowest BCUT2D eigenvalue weighted by atomic mass is 10.1. The highest BCUT2D eigenvalue weighted by Crippen LogP contribution is 2.29. The summed E-state index contributed by atoms with van der Waals surface area (Å²) in [6, 6.07) is 13.7. The van der Waals surface area contributed by atoms with Gasteiger partial charge in [-0.25, -0.2) is 0 Å². The Labute approximate surface area is 108 Å². The quantitative estimate of drug-likeness (QED) is 0.601. The number of hydrogen-bond acceptors (Lipinski definition) is 2. The van der Waals surface area contributed by atoms with Crippen LogP contribution < -0.4 is 5.73 Å². The molecule has 2 N–H and O–H groups in total. The molecule has 0 aliphatic heterocycles. The molecule has 0 aliphatic carbocycles. The van der Waals surface area contributed by atoms with Crippen LogP contribution in [0.3, 0.4) is 0 Å². The fourth-order valence-electron chi connectivity index (χ4n) is 1.74. The molecule has 2 nitrogen and oxygen atoms in total. The molecule has 0 fully saturated rings. The zero-order valence-corrected chi connectivity index (χ0v) is 11.0. The third-order valence-corrected chi connectivity index (χ3v) is 2.40. The van der Waals surface area contributed by atoms with Gasteiger partial charge in [-0.2, -0.15) is 13.5 Å². The van der Waals surface area contributed by atoms with Crippen molar-refractivity contribution in [3.63, 3.8) is 0 Å². The molecular formula is C14H17NOS. The van der Waals surface area contributed by atoms with E-state index in [-0.39, 0.29) is 13.5 Å². The minimum absolute atomic E-state index is 0. The highest BCUT2D eigenvalue weighted by molar-refractivity contribution is 7.59. The number of fused-ring (bicyclic) bond motifs is 3. The summed E-state index contributed by atoms with van der Waals surface area (Å²) in [5.74, 6) is 0. The van der Waals surface area contributed by atoms with Gasteiger partial charge >= 0.3 is 0 Å². The summed E-state index contributed by atoms with van der Waals surface area (Å²) in [6.07, 6.45) is 0. The van der Waals surface area contributed by atoms with Gasteiger partial charge in [0.1, 0.15) is 11.2 Å². The Bertz CT molecular complexity index is 616. The van der Waals surface area contributed by atoms with Gasteiger partial charge in [0.05, 0.1) is 0 Å². The molecule has 0 saturated carbocycles. The molecule has 3 rings (SSSR count). The maximum absolute atomic E-state index is 5.69. The maximum atomic E-state index is 5.69. The molecule has 0 aliphatic rings. The summed E-state index contributed by atoms with van der Waals surface area (Å²) in [6.45, 7) is 4.00. The third kappa shape index (κ3) is 2.39. The van der Waals surface area contributed by atoms with Gasteiger partial charge in [0.15, 0.2) is 0 Å². The Kier molecular flexibility index (Phi) is 4.46. The molecule has 1 aromatic heterocycles. The minimum atomic E-state index is 0. The van der Waals surface area contributed by atoms with Gasteiger partial charge < -0.3 is 10.2 Å². The lowest BCUT2D eigenvalue weighted by molar-refractivity contribution is 0.669. The summed E-state index contributed by atoms with van der Waals surface area (Å²) in [7, 11) is 0. The smallest absolute Gasteiger partial charge is 0.137 e. The van der Waals surface area contributed by atoms with Crippen molar-refractivity contribution >= 4 is 41.1 Å². The van der Waals surface area contributed by atoms with E-state index in [1.165, 1.54) is 0 Å². The first-order valence-electron chi connectivity index (χ1n) is 5.51. The van der Waals surface area contributed by atoms with E-state index >= 15 is 0 Å². The molecule has 17 heavy (non-hydrogen) atoms. The van der Waals surface area contributed by atoms with Gasteiger partial charge in [0.25, 0.3) is 0 Å².